The normalized spacial score (nSPS) is 12.4. The molecule has 2 rings (SSSR count). The summed E-state index contributed by atoms with van der Waals surface area (Å²) in [7, 11) is 1.86. The van der Waals surface area contributed by atoms with E-state index < -0.39 is 5.97 Å². The molecule has 146 valence electrons. The molecule has 0 saturated carbocycles. The Bertz CT molecular complexity index is 853. The zero-order chi connectivity index (χ0) is 20.1. The molecule has 2 aromatic heterocycles. The Morgan fingerprint density at radius 3 is 2.63 bits per heavy atom. The van der Waals surface area contributed by atoms with Crippen molar-refractivity contribution >= 4 is 34.4 Å². The first-order chi connectivity index (χ1) is 12.8. The van der Waals surface area contributed by atoms with E-state index in [2.05, 4.69) is 10.1 Å². The predicted octanol–water partition coefficient (Wildman–Crippen LogP) is 3.52. The second-order valence-electron chi connectivity index (χ2n) is 6.24. The van der Waals surface area contributed by atoms with Crippen molar-refractivity contribution in [2.75, 3.05) is 11.5 Å². The smallest absolute Gasteiger partial charge is 0.350 e. The van der Waals surface area contributed by atoms with Crippen molar-refractivity contribution in [1.29, 1.82) is 0 Å². The Hall–Kier alpha value is -2.48. The number of carbonyl (C=O) groups is 2. The van der Waals surface area contributed by atoms with E-state index in [1.54, 1.807) is 35.7 Å². The van der Waals surface area contributed by atoms with Crippen LogP contribution in [0.2, 0.25) is 0 Å². The highest BCUT2D eigenvalue weighted by atomic mass is 32.1. The number of rotatable bonds is 7. The number of esters is 1. The Kier molecular flexibility index (Phi) is 6.90. The second-order valence-corrected chi connectivity index (χ2v) is 7.22. The standard InChI is InChI=1S/C19H26N4O3S/c1-7-12(3)23(16(24)10-9-15-11-20-22(6)14(15)5)19-21-13(4)17(27-19)18(25)26-8-2/h9-12H,7-8H2,1-6H3/b10-9+. The molecule has 0 aliphatic heterocycles. The average molecular weight is 391 g/mol. The molecule has 0 spiro atoms. The maximum absolute atomic E-state index is 12.9. The van der Waals surface area contributed by atoms with Crippen LogP contribution in [0.4, 0.5) is 5.13 Å². The van der Waals surface area contributed by atoms with Crippen LogP contribution < -0.4 is 4.90 Å². The molecular formula is C19H26N4O3S. The zero-order valence-corrected chi connectivity index (χ0v) is 17.5. The summed E-state index contributed by atoms with van der Waals surface area (Å²) in [4.78, 5) is 31.5. The van der Waals surface area contributed by atoms with Crippen LogP contribution in [0.5, 0.6) is 0 Å². The summed E-state index contributed by atoms with van der Waals surface area (Å²) in [5, 5.41) is 4.68. The van der Waals surface area contributed by atoms with Crippen molar-refractivity contribution in [3.05, 3.63) is 34.1 Å². The minimum absolute atomic E-state index is 0.0576. The van der Waals surface area contributed by atoms with E-state index in [0.717, 1.165) is 17.7 Å². The van der Waals surface area contributed by atoms with E-state index in [0.29, 0.717) is 22.3 Å². The van der Waals surface area contributed by atoms with Crippen LogP contribution in [0.15, 0.2) is 12.3 Å². The van der Waals surface area contributed by atoms with Crippen molar-refractivity contribution in [2.45, 2.75) is 47.1 Å². The van der Waals surface area contributed by atoms with Crippen molar-refractivity contribution in [3.8, 4) is 0 Å². The molecule has 0 radical (unpaired) electrons. The summed E-state index contributed by atoms with van der Waals surface area (Å²) in [6.07, 6.45) is 5.77. The average Bonchev–Trinajstić information content (AvgIpc) is 3.16. The van der Waals surface area contributed by atoms with Crippen LogP contribution >= 0.6 is 11.3 Å². The van der Waals surface area contributed by atoms with Crippen LogP contribution in [-0.2, 0) is 16.6 Å². The minimum atomic E-state index is -0.406. The number of aryl methyl sites for hydroxylation is 2. The number of anilines is 1. The monoisotopic (exact) mass is 390 g/mol. The van der Waals surface area contributed by atoms with Crippen molar-refractivity contribution < 1.29 is 14.3 Å². The van der Waals surface area contributed by atoms with Gasteiger partial charge in [0.15, 0.2) is 5.13 Å². The fourth-order valence-corrected chi connectivity index (χ4v) is 3.54. The lowest BCUT2D eigenvalue weighted by molar-refractivity contribution is -0.114. The Labute approximate surface area is 163 Å². The van der Waals surface area contributed by atoms with Gasteiger partial charge in [-0.1, -0.05) is 18.3 Å². The summed E-state index contributed by atoms with van der Waals surface area (Å²) in [6, 6.07) is -0.0576. The lowest BCUT2D eigenvalue weighted by Gasteiger charge is -2.24. The number of ether oxygens (including phenoxy) is 1. The molecule has 2 heterocycles. The molecule has 2 aromatic rings. The van der Waals surface area contributed by atoms with Crippen LogP contribution in [0.3, 0.4) is 0 Å². The molecule has 0 aliphatic rings. The van der Waals surface area contributed by atoms with Gasteiger partial charge in [-0.25, -0.2) is 9.78 Å². The van der Waals surface area contributed by atoms with Crippen LogP contribution in [0.25, 0.3) is 6.08 Å². The first-order valence-electron chi connectivity index (χ1n) is 8.94. The van der Waals surface area contributed by atoms with E-state index in [1.165, 1.54) is 17.4 Å². The predicted molar refractivity (Wildman–Crippen MR) is 107 cm³/mol. The number of hydrogen-bond acceptors (Lipinski definition) is 6. The lowest BCUT2D eigenvalue weighted by atomic mass is 10.2. The van der Waals surface area contributed by atoms with Crippen molar-refractivity contribution in [2.24, 2.45) is 7.05 Å². The van der Waals surface area contributed by atoms with Gasteiger partial charge in [0.05, 0.1) is 18.5 Å². The number of nitrogens with zero attached hydrogens (tertiary/aromatic N) is 4. The quantitative estimate of drug-likeness (QED) is 0.534. The lowest BCUT2D eigenvalue weighted by Crippen LogP contribution is -2.37. The first-order valence-corrected chi connectivity index (χ1v) is 9.76. The van der Waals surface area contributed by atoms with Crippen molar-refractivity contribution in [3.63, 3.8) is 0 Å². The van der Waals surface area contributed by atoms with Gasteiger partial charge in [0.25, 0.3) is 5.91 Å². The highest BCUT2D eigenvalue weighted by molar-refractivity contribution is 7.17. The van der Waals surface area contributed by atoms with Gasteiger partial charge in [-0.2, -0.15) is 5.10 Å². The Balaban J connectivity index is 2.32. The van der Waals surface area contributed by atoms with Crippen molar-refractivity contribution in [1.82, 2.24) is 14.8 Å². The van der Waals surface area contributed by atoms with Gasteiger partial charge in [-0.3, -0.25) is 14.4 Å². The number of hydrogen-bond donors (Lipinski definition) is 0. The maximum atomic E-state index is 12.9. The summed E-state index contributed by atoms with van der Waals surface area (Å²) in [6.45, 7) is 9.72. The molecular weight excluding hydrogens is 364 g/mol. The molecule has 0 N–H and O–H groups in total. The fraction of sp³-hybridized carbons (Fsp3) is 0.474. The first kappa shape index (κ1) is 20.8. The molecule has 27 heavy (non-hydrogen) atoms. The molecule has 0 aliphatic carbocycles. The molecule has 0 fully saturated rings. The molecule has 0 saturated heterocycles. The van der Waals surface area contributed by atoms with Crippen LogP contribution in [0, 0.1) is 13.8 Å². The minimum Gasteiger partial charge on any atom is -0.462 e. The topological polar surface area (TPSA) is 77.3 Å². The third kappa shape index (κ3) is 4.63. The molecule has 1 atom stereocenters. The third-order valence-corrected chi connectivity index (χ3v) is 5.54. The molecule has 0 aromatic carbocycles. The van der Waals surface area contributed by atoms with E-state index in [1.807, 2.05) is 27.8 Å². The SMILES string of the molecule is CCOC(=O)c1sc(N(C(=O)/C=C/c2cnn(C)c2C)C(C)CC)nc1C. The highest BCUT2D eigenvalue weighted by Crippen LogP contribution is 2.29. The van der Waals surface area contributed by atoms with Gasteiger partial charge in [-0.15, -0.1) is 0 Å². The molecule has 1 amide bonds. The third-order valence-electron chi connectivity index (χ3n) is 4.40. The van der Waals surface area contributed by atoms with E-state index in [-0.39, 0.29) is 11.9 Å². The van der Waals surface area contributed by atoms with Gasteiger partial charge in [0, 0.05) is 30.4 Å². The number of thiazole rings is 1. The van der Waals surface area contributed by atoms with E-state index >= 15 is 0 Å². The molecule has 8 heteroatoms. The second kappa shape index (κ2) is 8.94. The summed E-state index contributed by atoms with van der Waals surface area (Å²) >= 11 is 1.19. The van der Waals surface area contributed by atoms with Gasteiger partial charge in [-0.05, 0) is 40.2 Å². The zero-order valence-electron chi connectivity index (χ0n) is 16.6. The number of amides is 1. The highest BCUT2D eigenvalue weighted by Gasteiger charge is 2.25. The summed E-state index contributed by atoms with van der Waals surface area (Å²) in [5.41, 5.74) is 2.43. The fourth-order valence-electron chi connectivity index (χ4n) is 2.47. The van der Waals surface area contributed by atoms with Crippen LogP contribution in [0.1, 0.15) is 53.8 Å². The Morgan fingerprint density at radius 2 is 2.07 bits per heavy atom. The van der Waals surface area contributed by atoms with E-state index in [9.17, 15) is 9.59 Å². The molecule has 7 nitrogen and oxygen atoms in total. The van der Waals surface area contributed by atoms with Gasteiger partial charge in [0.1, 0.15) is 4.88 Å². The van der Waals surface area contributed by atoms with Crippen LogP contribution in [-0.4, -0.2) is 39.3 Å². The number of aromatic nitrogens is 3. The van der Waals surface area contributed by atoms with Gasteiger partial charge < -0.3 is 4.74 Å². The van der Waals surface area contributed by atoms with E-state index in [4.69, 9.17) is 4.74 Å². The van der Waals surface area contributed by atoms with Gasteiger partial charge >= 0.3 is 5.97 Å². The van der Waals surface area contributed by atoms with Gasteiger partial charge in [0.2, 0.25) is 0 Å². The largest absolute Gasteiger partial charge is 0.462 e. The Morgan fingerprint density at radius 1 is 1.37 bits per heavy atom. The molecule has 0 bridgehead atoms. The molecule has 1 unspecified atom stereocenters. The maximum Gasteiger partial charge on any atom is 0.350 e. The number of carbonyl (C=O) groups excluding carboxylic acids is 2. The summed E-state index contributed by atoms with van der Waals surface area (Å²) < 4.78 is 6.83. The summed E-state index contributed by atoms with van der Waals surface area (Å²) in [5.74, 6) is -0.589.